The van der Waals surface area contributed by atoms with Gasteiger partial charge in [-0.3, -0.25) is 0 Å². The van der Waals surface area contributed by atoms with Crippen LogP contribution in [0.1, 0.15) is 0 Å². The largest absolute Gasteiger partial charge is 0.156 e. The molecule has 145 valence electrons. The van der Waals surface area contributed by atoms with Crippen molar-refractivity contribution < 1.29 is 0 Å². The molecule has 0 aliphatic rings. The monoisotopic (exact) mass is 409 g/mol. The van der Waals surface area contributed by atoms with E-state index in [1.807, 2.05) is 0 Å². The number of hydrogen-bond acceptors (Lipinski definition) is 0. The minimum atomic E-state index is -1.25. The van der Waals surface area contributed by atoms with Crippen LogP contribution in [0.5, 0.6) is 0 Å². The molecule has 6 rings (SSSR count). The molecule has 0 aromatic heterocycles. The van der Waals surface area contributed by atoms with Crippen molar-refractivity contribution in [2.45, 2.75) is 0 Å². The summed E-state index contributed by atoms with van der Waals surface area (Å²) in [6.07, 6.45) is 0. The van der Waals surface area contributed by atoms with Gasteiger partial charge in [0.05, 0.1) is 0 Å². The third kappa shape index (κ3) is 3.06. The summed E-state index contributed by atoms with van der Waals surface area (Å²) < 4.78 is 0. The van der Waals surface area contributed by atoms with Gasteiger partial charge >= 0.3 is 0 Å². The van der Waals surface area contributed by atoms with E-state index in [2.05, 4.69) is 127 Å². The van der Waals surface area contributed by atoms with E-state index in [4.69, 9.17) is 0 Å². The Morgan fingerprint density at radius 1 is 0.290 bits per heavy atom. The summed E-state index contributed by atoms with van der Waals surface area (Å²) in [4.78, 5) is 0. The first-order valence-corrected chi connectivity index (χ1v) is 12.2. The molecule has 0 nitrogen and oxygen atoms in total. The summed E-state index contributed by atoms with van der Waals surface area (Å²) in [6.45, 7) is 0. The number of fused-ring (bicyclic) bond motifs is 3. The predicted octanol–water partition coefficient (Wildman–Crippen LogP) is 5.66. The second-order valence-corrected chi connectivity index (χ2v) is 10.3. The second-order valence-electron chi connectivity index (χ2n) is 7.96. The molecule has 0 aliphatic carbocycles. The molecule has 0 atom stereocenters. The minimum Gasteiger partial charge on any atom is -0.0618 e. The smallest absolute Gasteiger partial charge is 0.0618 e. The Hall–Kier alpha value is -3.68. The van der Waals surface area contributed by atoms with Crippen molar-refractivity contribution in [2.75, 3.05) is 0 Å². The van der Waals surface area contributed by atoms with Crippen molar-refractivity contribution in [1.82, 2.24) is 0 Å². The zero-order valence-electron chi connectivity index (χ0n) is 17.1. The van der Waals surface area contributed by atoms with Gasteiger partial charge < -0.3 is 0 Å². The average Bonchev–Trinajstić information content (AvgIpc) is 2.85. The molecule has 0 unspecified atom stereocenters. The fourth-order valence-corrected chi connectivity index (χ4v) is 7.92. The van der Waals surface area contributed by atoms with Gasteiger partial charge in [0.1, 0.15) is 0 Å². The Kier molecular flexibility index (Phi) is 4.40. The summed E-state index contributed by atoms with van der Waals surface area (Å²) in [5.41, 5.74) is 0. The molecule has 0 aliphatic heterocycles. The fourth-order valence-electron chi connectivity index (χ4n) is 4.77. The van der Waals surface area contributed by atoms with E-state index in [1.165, 1.54) is 47.9 Å². The molecule has 0 N–H and O–H groups in total. The first-order valence-electron chi connectivity index (χ1n) is 10.7. The van der Waals surface area contributed by atoms with Gasteiger partial charge in [-0.1, -0.05) is 127 Å². The molecule has 1 radical (unpaired) electrons. The van der Waals surface area contributed by atoms with Crippen LogP contribution in [-0.2, 0) is 0 Å². The quantitative estimate of drug-likeness (QED) is 0.261. The lowest BCUT2D eigenvalue weighted by Crippen LogP contribution is -2.52. The van der Waals surface area contributed by atoms with E-state index in [-0.39, 0.29) is 0 Å². The summed E-state index contributed by atoms with van der Waals surface area (Å²) in [6, 6.07) is 46.8. The van der Waals surface area contributed by atoms with Gasteiger partial charge in [0.25, 0.3) is 0 Å². The molecule has 0 bridgehead atoms. The molecule has 6 aromatic carbocycles. The van der Waals surface area contributed by atoms with Gasteiger partial charge in [0, 0.05) is 0 Å². The zero-order valence-corrected chi connectivity index (χ0v) is 18.1. The molecule has 0 saturated carbocycles. The molecular weight excluding hydrogens is 388 g/mol. The van der Waals surface area contributed by atoms with Crippen molar-refractivity contribution in [3.8, 4) is 0 Å². The number of hydrogen-bond donors (Lipinski definition) is 0. The Morgan fingerprint density at radius 3 is 0.935 bits per heavy atom. The molecule has 1 heteroatoms. The first-order chi connectivity index (χ1) is 15.4. The zero-order chi connectivity index (χ0) is 20.6. The van der Waals surface area contributed by atoms with Crippen LogP contribution >= 0.6 is 0 Å². The minimum absolute atomic E-state index is 1.25. The van der Waals surface area contributed by atoms with Gasteiger partial charge in [-0.25, -0.2) is 0 Å². The van der Waals surface area contributed by atoms with Crippen LogP contribution in [0.4, 0.5) is 0 Å². The Labute approximate surface area is 184 Å². The third-order valence-corrected chi connectivity index (χ3v) is 9.10. The van der Waals surface area contributed by atoms with Gasteiger partial charge in [0.15, 0.2) is 8.80 Å². The van der Waals surface area contributed by atoms with E-state index in [1.54, 1.807) is 0 Å². The number of benzene rings is 6. The molecule has 0 spiro atoms. The molecule has 0 heterocycles. The van der Waals surface area contributed by atoms with Gasteiger partial charge in [-0.05, 0) is 47.9 Å². The van der Waals surface area contributed by atoms with E-state index in [0.717, 1.165) is 0 Å². The molecule has 0 fully saturated rings. The maximum absolute atomic E-state index is 2.35. The normalized spacial score (nSPS) is 11.5. The van der Waals surface area contributed by atoms with Crippen LogP contribution < -0.4 is 15.6 Å². The van der Waals surface area contributed by atoms with E-state index in [0.29, 0.717) is 0 Å². The van der Waals surface area contributed by atoms with Crippen LogP contribution in [0, 0.1) is 0 Å². The van der Waals surface area contributed by atoms with Gasteiger partial charge in [-0.2, -0.15) is 0 Å². The summed E-state index contributed by atoms with van der Waals surface area (Å²) in [5.74, 6) is 0. The Bertz CT molecular complexity index is 1340. The molecule has 0 amide bonds. The van der Waals surface area contributed by atoms with Crippen LogP contribution in [0.25, 0.3) is 32.3 Å². The van der Waals surface area contributed by atoms with Crippen molar-refractivity contribution in [2.24, 2.45) is 0 Å². The lowest BCUT2D eigenvalue weighted by atomic mass is 10.1. The lowest BCUT2D eigenvalue weighted by Gasteiger charge is -2.22. The highest BCUT2D eigenvalue weighted by Crippen LogP contribution is 2.18. The van der Waals surface area contributed by atoms with E-state index in [9.17, 15) is 0 Å². The van der Waals surface area contributed by atoms with Crippen LogP contribution in [0.3, 0.4) is 0 Å². The summed E-state index contributed by atoms with van der Waals surface area (Å²) >= 11 is 0. The Morgan fingerprint density at radius 2 is 0.581 bits per heavy atom. The van der Waals surface area contributed by atoms with E-state index < -0.39 is 8.80 Å². The fraction of sp³-hybridized carbons (Fsp3) is 0. The second kappa shape index (κ2) is 7.53. The Balaban J connectivity index is 1.75. The summed E-state index contributed by atoms with van der Waals surface area (Å²) in [5, 5.41) is 12.4. The van der Waals surface area contributed by atoms with Crippen molar-refractivity contribution in [1.29, 1.82) is 0 Å². The van der Waals surface area contributed by atoms with Crippen molar-refractivity contribution >= 4 is 56.7 Å². The third-order valence-electron chi connectivity index (χ3n) is 6.18. The van der Waals surface area contributed by atoms with Gasteiger partial charge in [0.2, 0.25) is 0 Å². The van der Waals surface area contributed by atoms with E-state index >= 15 is 0 Å². The molecule has 31 heavy (non-hydrogen) atoms. The SMILES string of the molecule is c1ccc2c([Si](c3cccc4ccccc34)c3cccc4ccccc34)cccc2c1. The highest BCUT2D eigenvalue weighted by atomic mass is 28.3. The van der Waals surface area contributed by atoms with Crippen LogP contribution in [-0.4, -0.2) is 8.80 Å². The molecule has 0 saturated heterocycles. The molecule has 6 aromatic rings. The highest BCUT2D eigenvalue weighted by Gasteiger charge is 2.25. The maximum atomic E-state index is 2.35. The van der Waals surface area contributed by atoms with Crippen LogP contribution in [0.15, 0.2) is 127 Å². The summed E-state index contributed by atoms with van der Waals surface area (Å²) in [7, 11) is -1.25. The standard InChI is InChI=1S/C30H21Si/c1-4-16-25-22(10-1)13-7-19-28(25)31(29-20-8-14-23-11-2-5-17-26(23)29)30-21-9-15-24-12-3-6-18-27(24)30/h1-21H. The highest BCUT2D eigenvalue weighted by molar-refractivity contribution is 6.99. The van der Waals surface area contributed by atoms with Crippen molar-refractivity contribution in [3.05, 3.63) is 127 Å². The van der Waals surface area contributed by atoms with Crippen molar-refractivity contribution in [3.63, 3.8) is 0 Å². The number of rotatable bonds is 3. The lowest BCUT2D eigenvalue weighted by molar-refractivity contribution is 1.75. The maximum Gasteiger partial charge on any atom is 0.156 e. The van der Waals surface area contributed by atoms with Gasteiger partial charge in [-0.15, -0.1) is 0 Å². The topological polar surface area (TPSA) is 0 Å². The first kappa shape index (κ1) is 18.1. The van der Waals surface area contributed by atoms with Crippen LogP contribution in [0.2, 0.25) is 0 Å². The average molecular weight is 410 g/mol. The predicted molar refractivity (Wildman–Crippen MR) is 136 cm³/mol. The molecular formula is C30H21Si.